The van der Waals surface area contributed by atoms with Crippen LogP contribution in [0.4, 0.5) is 4.79 Å². The van der Waals surface area contributed by atoms with Gasteiger partial charge in [0.25, 0.3) is 0 Å². The van der Waals surface area contributed by atoms with E-state index in [0.29, 0.717) is 5.76 Å². The van der Waals surface area contributed by atoms with Crippen LogP contribution >= 0.6 is 0 Å². The lowest BCUT2D eigenvalue weighted by Gasteiger charge is -2.13. The van der Waals surface area contributed by atoms with E-state index in [1.54, 1.807) is 6.92 Å². The molecule has 0 aliphatic heterocycles. The van der Waals surface area contributed by atoms with Gasteiger partial charge in [0.1, 0.15) is 0 Å². The van der Waals surface area contributed by atoms with Crippen molar-refractivity contribution in [3.05, 3.63) is 12.3 Å². The van der Waals surface area contributed by atoms with Gasteiger partial charge in [0.15, 0.2) is 6.29 Å². The Morgan fingerprint density at radius 1 is 1.46 bits per heavy atom. The maximum atomic E-state index is 10.9. The number of ether oxygens (including phenoxy) is 3. The fourth-order valence-electron chi connectivity index (χ4n) is 0.624. The second-order valence-electron chi connectivity index (χ2n) is 2.37. The summed E-state index contributed by atoms with van der Waals surface area (Å²) in [7, 11) is 2.97. The first-order chi connectivity index (χ1) is 6.10. The molecule has 1 N–H and O–H groups in total. The Balaban J connectivity index is 3.62. The molecule has 0 aliphatic rings. The summed E-state index contributed by atoms with van der Waals surface area (Å²) in [6, 6.07) is 0. The minimum Gasteiger partial charge on any atom is -0.416 e. The Morgan fingerprint density at radius 2 is 2.00 bits per heavy atom. The number of amides is 1. The van der Waals surface area contributed by atoms with Crippen molar-refractivity contribution in [3.63, 3.8) is 0 Å². The number of rotatable bonds is 5. The minimum atomic E-state index is -0.563. The Bertz CT molecular complexity index is 177. The van der Waals surface area contributed by atoms with Gasteiger partial charge >= 0.3 is 6.09 Å². The highest BCUT2D eigenvalue weighted by Gasteiger charge is 2.08. The van der Waals surface area contributed by atoms with Crippen LogP contribution in [-0.2, 0) is 14.2 Å². The van der Waals surface area contributed by atoms with Crippen LogP contribution in [0.2, 0.25) is 0 Å². The number of alkyl carbamates (subject to hydrolysis) is 1. The van der Waals surface area contributed by atoms with E-state index in [-0.39, 0.29) is 6.54 Å². The van der Waals surface area contributed by atoms with E-state index in [4.69, 9.17) is 9.47 Å². The monoisotopic (exact) mass is 189 g/mol. The standard InChI is InChI=1S/C8H15NO4/c1-6(2)13-8(10)9-5-7(11-3)12-4/h7H,1,5H2,2-4H3,(H,9,10). The predicted molar refractivity (Wildman–Crippen MR) is 47.1 cm³/mol. The van der Waals surface area contributed by atoms with Gasteiger partial charge < -0.3 is 19.5 Å². The van der Waals surface area contributed by atoms with Crippen molar-refractivity contribution >= 4 is 6.09 Å². The molecule has 0 unspecified atom stereocenters. The summed E-state index contributed by atoms with van der Waals surface area (Å²) in [6.07, 6.45) is -1.02. The molecule has 0 aliphatic carbocycles. The Labute approximate surface area is 77.7 Å². The summed E-state index contributed by atoms with van der Waals surface area (Å²) in [5, 5.41) is 2.44. The summed E-state index contributed by atoms with van der Waals surface area (Å²) >= 11 is 0. The van der Waals surface area contributed by atoms with Gasteiger partial charge in [0.2, 0.25) is 0 Å². The SMILES string of the molecule is C=C(C)OC(=O)NCC(OC)OC. The highest BCUT2D eigenvalue weighted by atomic mass is 16.7. The van der Waals surface area contributed by atoms with Gasteiger partial charge in [-0.15, -0.1) is 0 Å². The lowest BCUT2D eigenvalue weighted by Crippen LogP contribution is -2.34. The Morgan fingerprint density at radius 3 is 2.38 bits per heavy atom. The van der Waals surface area contributed by atoms with Crippen LogP contribution in [-0.4, -0.2) is 33.1 Å². The molecule has 0 spiro atoms. The third-order valence-electron chi connectivity index (χ3n) is 1.21. The molecular formula is C8H15NO4. The molecule has 0 saturated carbocycles. The molecule has 0 atom stereocenters. The first kappa shape index (κ1) is 11.9. The quantitative estimate of drug-likeness (QED) is 0.515. The molecule has 0 saturated heterocycles. The van der Waals surface area contributed by atoms with E-state index in [2.05, 4.69) is 16.6 Å². The van der Waals surface area contributed by atoms with Crippen molar-refractivity contribution in [1.82, 2.24) is 5.32 Å². The van der Waals surface area contributed by atoms with E-state index in [1.807, 2.05) is 0 Å². The lowest BCUT2D eigenvalue weighted by atomic mass is 10.6. The number of allylic oxidation sites excluding steroid dienone is 1. The van der Waals surface area contributed by atoms with E-state index in [0.717, 1.165) is 0 Å². The van der Waals surface area contributed by atoms with Crippen molar-refractivity contribution in [2.45, 2.75) is 13.2 Å². The molecule has 0 aromatic rings. The second kappa shape index (κ2) is 6.45. The van der Waals surface area contributed by atoms with Crippen molar-refractivity contribution in [2.75, 3.05) is 20.8 Å². The molecule has 5 nitrogen and oxygen atoms in total. The van der Waals surface area contributed by atoms with Crippen molar-refractivity contribution < 1.29 is 19.0 Å². The van der Waals surface area contributed by atoms with Crippen molar-refractivity contribution in [3.8, 4) is 0 Å². The smallest absolute Gasteiger partial charge is 0.412 e. The van der Waals surface area contributed by atoms with E-state index in [1.165, 1.54) is 14.2 Å². The average Bonchev–Trinajstić information content (AvgIpc) is 2.05. The predicted octanol–water partition coefficient (Wildman–Crippen LogP) is 0.865. The molecule has 0 heterocycles. The van der Waals surface area contributed by atoms with Crippen LogP contribution in [0.1, 0.15) is 6.92 Å². The fourth-order valence-corrected chi connectivity index (χ4v) is 0.624. The molecule has 0 aromatic carbocycles. The van der Waals surface area contributed by atoms with Gasteiger partial charge in [-0.05, 0) is 6.92 Å². The second-order valence-corrected chi connectivity index (χ2v) is 2.37. The van der Waals surface area contributed by atoms with Gasteiger partial charge in [-0.1, -0.05) is 6.58 Å². The average molecular weight is 189 g/mol. The van der Waals surface area contributed by atoms with Crippen molar-refractivity contribution in [2.24, 2.45) is 0 Å². The molecule has 5 heteroatoms. The topological polar surface area (TPSA) is 56.8 Å². The fraction of sp³-hybridized carbons (Fsp3) is 0.625. The summed E-state index contributed by atoms with van der Waals surface area (Å²) in [6.45, 7) is 5.24. The summed E-state index contributed by atoms with van der Waals surface area (Å²) in [5.41, 5.74) is 0. The van der Waals surface area contributed by atoms with Crippen LogP contribution in [0.5, 0.6) is 0 Å². The van der Waals surface area contributed by atoms with Crippen molar-refractivity contribution in [1.29, 1.82) is 0 Å². The maximum absolute atomic E-state index is 10.9. The first-order valence-electron chi connectivity index (χ1n) is 3.77. The highest BCUT2D eigenvalue weighted by Crippen LogP contribution is 1.92. The summed E-state index contributed by atoms with van der Waals surface area (Å²) in [4.78, 5) is 10.9. The number of carbonyl (C=O) groups excluding carboxylic acids is 1. The molecule has 13 heavy (non-hydrogen) atoms. The molecule has 1 amide bonds. The zero-order valence-corrected chi connectivity index (χ0v) is 8.12. The van der Waals surface area contributed by atoms with E-state index in [9.17, 15) is 4.79 Å². The number of nitrogens with one attached hydrogen (secondary N) is 1. The third kappa shape index (κ3) is 6.12. The van der Waals surface area contributed by atoms with Gasteiger partial charge in [-0.2, -0.15) is 0 Å². The summed E-state index contributed by atoms with van der Waals surface area (Å²) in [5.74, 6) is 0.337. The lowest BCUT2D eigenvalue weighted by molar-refractivity contribution is -0.0978. The maximum Gasteiger partial charge on any atom is 0.412 e. The van der Waals surface area contributed by atoms with Gasteiger partial charge in [0, 0.05) is 14.2 Å². The Kier molecular flexibility index (Phi) is 5.92. The molecule has 0 fully saturated rings. The largest absolute Gasteiger partial charge is 0.416 e. The Hall–Kier alpha value is -1.07. The van der Waals surface area contributed by atoms with Crippen LogP contribution in [0.25, 0.3) is 0 Å². The van der Waals surface area contributed by atoms with Gasteiger partial charge in [-0.3, -0.25) is 0 Å². The highest BCUT2D eigenvalue weighted by molar-refractivity contribution is 5.68. The molecular weight excluding hydrogens is 174 g/mol. The normalized spacial score (nSPS) is 9.85. The molecule has 0 radical (unpaired) electrons. The van der Waals surface area contributed by atoms with E-state index < -0.39 is 12.4 Å². The summed E-state index contributed by atoms with van der Waals surface area (Å²) < 4.78 is 14.3. The molecule has 0 rings (SSSR count). The first-order valence-corrected chi connectivity index (χ1v) is 3.77. The molecule has 0 aromatic heterocycles. The number of hydrogen-bond donors (Lipinski definition) is 1. The number of carbonyl (C=O) groups is 1. The number of methoxy groups -OCH3 is 2. The zero-order chi connectivity index (χ0) is 10.3. The number of hydrogen-bond acceptors (Lipinski definition) is 4. The van der Waals surface area contributed by atoms with E-state index >= 15 is 0 Å². The molecule has 76 valence electrons. The zero-order valence-electron chi connectivity index (χ0n) is 8.12. The minimum absolute atomic E-state index is 0.235. The van der Waals surface area contributed by atoms with Gasteiger partial charge in [-0.25, -0.2) is 4.79 Å². The van der Waals surface area contributed by atoms with Crippen LogP contribution in [0.15, 0.2) is 12.3 Å². The van der Waals surface area contributed by atoms with Crippen LogP contribution < -0.4 is 5.32 Å². The van der Waals surface area contributed by atoms with Gasteiger partial charge in [0.05, 0.1) is 12.3 Å². The van der Waals surface area contributed by atoms with Crippen LogP contribution in [0, 0.1) is 0 Å². The third-order valence-corrected chi connectivity index (χ3v) is 1.21. The van der Waals surface area contributed by atoms with Crippen LogP contribution in [0.3, 0.4) is 0 Å². The molecule has 0 bridgehead atoms.